The van der Waals surface area contributed by atoms with Crippen LogP contribution in [0.2, 0.25) is 0 Å². The Balaban J connectivity index is 1.26. The third-order valence-corrected chi connectivity index (χ3v) is 9.03. The van der Waals surface area contributed by atoms with Crippen molar-refractivity contribution >= 4 is 33.9 Å². The summed E-state index contributed by atoms with van der Waals surface area (Å²) in [5.41, 5.74) is 2.48. The fourth-order valence-electron chi connectivity index (χ4n) is 6.17. The standard InChI is InChI=1S/C35H33BrN4O6/c1-23-30(33(43)45-19-25-17-35(46-20-25,21-39-15-14-37-22-39)28-8-3-2-4-9-28)31(26-6-5-7-27(16-26)32(41)42)38-34(44)40(23)18-24-10-12-29(36)13-11-24/h2-16,22,25,31H,17-21H2,1H3,(H,38,44)(H,41,42)/t25-,31?,35+/m0/s1. The maximum Gasteiger partial charge on any atom is 0.338 e. The molecule has 0 radical (unpaired) electrons. The van der Waals surface area contributed by atoms with Gasteiger partial charge in [-0.05, 0) is 54.3 Å². The van der Waals surface area contributed by atoms with Gasteiger partial charge in [-0.3, -0.25) is 4.90 Å². The summed E-state index contributed by atoms with van der Waals surface area (Å²) < 4.78 is 15.3. The highest BCUT2D eigenvalue weighted by Crippen LogP contribution is 2.41. The molecule has 2 aliphatic rings. The number of esters is 1. The molecule has 1 fully saturated rings. The number of benzene rings is 3. The van der Waals surface area contributed by atoms with Crippen LogP contribution in [0.3, 0.4) is 0 Å². The van der Waals surface area contributed by atoms with E-state index in [0.717, 1.165) is 15.6 Å². The van der Waals surface area contributed by atoms with E-state index in [2.05, 4.69) is 26.2 Å². The van der Waals surface area contributed by atoms with Crippen molar-refractivity contribution in [2.24, 2.45) is 5.92 Å². The normalized spacial score (nSPS) is 21.3. The topological polar surface area (TPSA) is 123 Å². The van der Waals surface area contributed by atoms with Crippen LogP contribution in [0.1, 0.15) is 46.4 Å². The number of nitrogens with one attached hydrogen (secondary N) is 1. The molecule has 4 aromatic rings. The lowest BCUT2D eigenvalue weighted by Crippen LogP contribution is -2.47. The predicted molar refractivity (Wildman–Crippen MR) is 172 cm³/mol. The number of halogens is 1. The van der Waals surface area contributed by atoms with E-state index in [1.807, 2.05) is 65.4 Å². The molecule has 2 N–H and O–H groups in total. The van der Waals surface area contributed by atoms with Crippen LogP contribution in [0.25, 0.3) is 0 Å². The molecule has 1 saturated heterocycles. The van der Waals surface area contributed by atoms with Gasteiger partial charge in [-0.2, -0.15) is 0 Å². The van der Waals surface area contributed by atoms with Crippen molar-refractivity contribution < 1.29 is 29.0 Å². The Kier molecular flexibility index (Phi) is 9.05. The average Bonchev–Trinajstić information content (AvgIpc) is 3.74. The fraction of sp³-hybridized carbons (Fsp3) is 0.257. The highest BCUT2D eigenvalue weighted by atomic mass is 79.9. The number of rotatable bonds is 10. The lowest BCUT2D eigenvalue weighted by molar-refractivity contribution is -0.141. The summed E-state index contributed by atoms with van der Waals surface area (Å²) in [5.74, 6) is -1.78. The second-order valence-corrected chi connectivity index (χ2v) is 12.5. The number of allylic oxidation sites excluding steroid dienone is 1. The van der Waals surface area contributed by atoms with E-state index in [4.69, 9.17) is 9.47 Å². The van der Waals surface area contributed by atoms with Crippen molar-refractivity contribution in [1.29, 1.82) is 0 Å². The molecule has 0 bridgehead atoms. The monoisotopic (exact) mass is 684 g/mol. The van der Waals surface area contributed by atoms with E-state index in [-0.39, 0.29) is 30.2 Å². The number of amides is 2. The lowest BCUT2D eigenvalue weighted by atomic mass is 9.87. The second kappa shape index (κ2) is 13.3. The van der Waals surface area contributed by atoms with E-state index >= 15 is 0 Å². The number of carboxylic acids is 1. The summed E-state index contributed by atoms with van der Waals surface area (Å²) in [4.78, 5) is 44.8. The maximum absolute atomic E-state index is 14.0. The molecule has 1 unspecified atom stereocenters. The Morgan fingerprint density at radius 3 is 2.61 bits per heavy atom. The van der Waals surface area contributed by atoms with E-state index in [0.29, 0.717) is 30.8 Å². The predicted octanol–water partition coefficient (Wildman–Crippen LogP) is 6.06. The lowest BCUT2D eigenvalue weighted by Gasteiger charge is -2.35. The number of imidazole rings is 1. The summed E-state index contributed by atoms with van der Waals surface area (Å²) in [6.45, 7) is 3.01. The number of urea groups is 1. The Morgan fingerprint density at radius 1 is 1.11 bits per heavy atom. The molecule has 0 saturated carbocycles. The van der Waals surface area contributed by atoms with Crippen LogP contribution >= 0.6 is 15.9 Å². The first-order valence-electron chi connectivity index (χ1n) is 14.9. The highest BCUT2D eigenvalue weighted by Gasteiger charge is 2.43. The molecule has 3 aromatic carbocycles. The molecule has 0 spiro atoms. The third kappa shape index (κ3) is 6.61. The van der Waals surface area contributed by atoms with Crippen molar-refractivity contribution in [1.82, 2.24) is 19.8 Å². The number of carbonyl (C=O) groups excluding carboxylic acids is 2. The minimum Gasteiger partial charge on any atom is -0.478 e. The Bertz CT molecular complexity index is 1760. The first kappa shape index (κ1) is 31.3. The number of carbonyl (C=O) groups is 3. The van der Waals surface area contributed by atoms with E-state index in [1.165, 1.54) is 17.0 Å². The van der Waals surface area contributed by atoms with Gasteiger partial charge in [-0.15, -0.1) is 0 Å². The van der Waals surface area contributed by atoms with Gasteiger partial charge in [-0.1, -0.05) is 70.5 Å². The largest absolute Gasteiger partial charge is 0.478 e. The number of ether oxygens (including phenoxy) is 2. The van der Waals surface area contributed by atoms with Crippen LogP contribution in [0.5, 0.6) is 0 Å². The van der Waals surface area contributed by atoms with Gasteiger partial charge >= 0.3 is 18.0 Å². The zero-order chi connectivity index (χ0) is 32.3. The third-order valence-electron chi connectivity index (χ3n) is 8.50. The molecular weight excluding hydrogens is 652 g/mol. The van der Waals surface area contributed by atoms with Gasteiger partial charge in [0.1, 0.15) is 5.60 Å². The maximum atomic E-state index is 14.0. The summed E-state index contributed by atoms with van der Waals surface area (Å²) in [7, 11) is 0. The summed E-state index contributed by atoms with van der Waals surface area (Å²) in [5, 5.41) is 12.5. The van der Waals surface area contributed by atoms with Crippen LogP contribution in [0.4, 0.5) is 4.79 Å². The van der Waals surface area contributed by atoms with Gasteiger partial charge in [-0.25, -0.2) is 19.4 Å². The summed E-state index contributed by atoms with van der Waals surface area (Å²) in [6, 6.07) is 22.5. The number of nitrogens with zero attached hydrogens (tertiary/aromatic N) is 3. The summed E-state index contributed by atoms with van der Waals surface area (Å²) >= 11 is 3.43. The smallest absolute Gasteiger partial charge is 0.338 e. The number of hydrogen-bond acceptors (Lipinski definition) is 6. The Morgan fingerprint density at radius 2 is 1.89 bits per heavy atom. The number of aromatic nitrogens is 2. The molecule has 2 amide bonds. The van der Waals surface area contributed by atoms with Crippen molar-refractivity contribution in [2.45, 2.75) is 38.1 Å². The molecule has 10 nitrogen and oxygen atoms in total. The highest BCUT2D eigenvalue weighted by molar-refractivity contribution is 9.10. The van der Waals surface area contributed by atoms with Gasteiger partial charge in [0, 0.05) is 28.5 Å². The van der Waals surface area contributed by atoms with E-state index in [1.54, 1.807) is 31.6 Å². The minimum absolute atomic E-state index is 0.0488. The zero-order valence-corrected chi connectivity index (χ0v) is 26.7. The van der Waals surface area contributed by atoms with Crippen LogP contribution in [-0.4, -0.2) is 50.7 Å². The number of aromatic carboxylic acids is 1. The number of carboxylic acid groups (broad SMARTS) is 1. The van der Waals surface area contributed by atoms with Crippen molar-refractivity contribution in [3.05, 3.63) is 136 Å². The molecule has 2 aliphatic heterocycles. The fourth-order valence-corrected chi connectivity index (χ4v) is 6.43. The molecule has 3 atom stereocenters. The van der Waals surface area contributed by atoms with Gasteiger partial charge in [0.25, 0.3) is 0 Å². The Labute approximate surface area is 274 Å². The van der Waals surface area contributed by atoms with Gasteiger partial charge in [0.2, 0.25) is 0 Å². The van der Waals surface area contributed by atoms with Crippen LogP contribution in [0, 0.1) is 5.92 Å². The van der Waals surface area contributed by atoms with Crippen molar-refractivity contribution in [3.8, 4) is 0 Å². The van der Waals surface area contributed by atoms with Crippen molar-refractivity contribution in [3.63, 3.8) is 0 Å². The first-order chi connectivity index (χ1) is 22.2. The quantitative estimate of drug-likeness (QED) is 0.195. The van der Waals surface area contributed by atoms with Crippen LogP contribution in [0.15, 0.2) is 113 Å². The molecule has 6 rings (SSSR count). The molecule has 1 aromatic heterocycles. The second-order valence-electron chi connectivity index (χ2n) is 11.6. The first-order valence-corrected chi connectivity index (χ1v) is 15.7. The van der Waals surface area contributed by atoms with E-state index in [9.17, 15) is 19.5 Å². The molecule has 236 valence electrons. The van der Waals surface area contributed by atoms with Crippen molar-refractivity contribution in [2.75, 3.05) is 13.2 Å². The SMILES string of the molecule is CC1=C(C(=O)OC[C@H]2CO[C@](Cn3ccnc3)(c3ccccc3)C2)C(c2cccc(C(=O)O)c2)NC(=O)N1Cc1ccc(Br)cc1. The summed E-state index contributed by atoms with van der Waals surface area (Å²) in [6.07, 6.45) is 6.01. The van der Waals surface area contributed by atoms with E-state index < -0.39 is 29.6 Å². The average molecular weight is 686 g/mol. The van der Waals surface area contributed by atoms with Gasteiger partial charge < -0.3 is 24.5 Å². The zero-order valence-electron chi connectivity index (χ0n) is 25.1. The molecule has 3 heterocycles. The minimum atomic E-state index is -1.11. The van der Waals surface area contributed by atoms with Crippen LogP contribution < -0.4 is 5.32 Å². The molecular formula is C35H33BrN4O6. The van der Waals surface area contributed by atoms with Gasteiger partial charge in [0.15, 0.2) is 0 Å². The molecule has 11 heteroatoms. The van der Waals surface area contributed by atoms with Gasteiger partial charge in [0.05, 0.1) is 49.8 Å². The Hall–Kier alpha value is -4.74. The molecule has 0 aliphatic carbocycles. The molecule has 46 heavy (non-hydrogen) atoms. The van der Waals surface area contributed by atoms with Crippen LogP contribution in [-0.2, 0) is 33.0 Å². The number of hydrogen-bond donors (Lipinski definition) is 2.